The van der Waals surface area contributed by atoms with E-state index >= 15 is 0 Å². The van der Waals surface area contributed by atoms with E-state index in [1.807, 2.05) is 88.4 Å². The van der Waals surface area contributed by atoms with E-state index in [1.165, 1.54) is 0 Å². The van der Waals surface area contributed by atoms with Crippen molar-refractivity contribution in [3.63, 3.8) is 0 Å². The van der Waals surface area contributed by atoms with Crippen LogP contribution in [0, 0.1) is 19.3 Å². The third-order valence-corrected chi connectivity index (χ3v) is 6.75. The minimum Gasteiger partial charge on any atom is -0.491 e. The summed E-state index contributed by atoms with van der Waals surface area (Å²) in [6.07, 6.45) is -0.215. The topological polar surface area (TPSA) is 76.0 Å². The van der Waals surface area contributed by atoms with Crippen molar-refractivity contribution in [3.05, 3.63) is 83.4 Å². The van der Waals surface area contributed by atoms with Gasteiger partial charge >= 0.3 is 0 Å². The molecule has 0 aliphatic heterocycles. The van der Waals surface area contributed by atoms with E-state index in [0.717, 1.165) is 26.5 Å². The molecule has 5 nitrogen and oxygen atoms in total. The van der Waals surface area contributed by atoms with Crippen LogP contribution in [0.15, 0.2) is 76.5 Å². The smallest absolute Gasteiger partial charge is 0.176 e. The summed E-state index contributed by atoms with van der Waals surface area (Å²) in [6, 6.07) is 21.9. The van der Waals surface area contributed by atoms with Gasteiger partial charge in [0, 0.05) is 15.2 Å². The van der Waals surface area contributed by atoms with Gasteiger partial charge in [-0.3, -0.25) is 4.79 Å². The predicted octanol–water partition coefficient (Wildman–Crippen LogP) is 5.40. The minimum atomic E-state index is -0.891. The average Bonchev–Trinajstić information content (AvgIpc) is 2.83. The Morgan fingerprint density at radius 2 is 1.49 bits per heavy atom. The summed E-state index contributed by atoms with van der Waals surface area (Å²) in [6.45, 7) is 7.62. The van der Waals surface area contributed by atoms with Crippen molar-refractivity contribution in [2.24, 2.45) is 5.41 Å². The van der Waals surface area contributed by atoms with Gasteiger partial charge in [0.15, 0.2) is 5.78 Å². The number of carbonyl (C=O) groups excluding carboxylic acids is 1. The SMILES string of the molecule is Cc1cc(Sc2ccc(OCC(O)CO)c(C)c2)ccc1OCC(=O)C(C)(C)Cc1ccccc1. The second kappa shape index (κ2) is 12.2. The van der Waals surface area contributed by atoms with Gasteiger partial charge in [0.2, 0.25) is 0 Å². The Balaban J connectivity index is 1.57. The van der Waals surface area contributed by atoms with Gasteiger partial charge in [-0.05, 0) is 73.4 Å². The van der Waals surface area contributed by atoms with Crippen molar-refractivity contribution >= 4 is 17.5 Å². The highest BCUT2D eigenvalue weighted by Gasteiger charge is 2.28. The molecule has 2 N–H and O–H groups in total. The normalized spacial score (nSPS) is 12.3. The minimum absolute atomic E-state index is 0.0405. The zero-order valence-corrected chi connectivity index (χ0v) is 21.6. The van der Waals surface area contributed by atoms with Crippen molar-refractivity contribution in [3.8, 4) is 11.5 Å². The lowest BCUT2D eigenvalue weighted by Crippen LogP contribution is -2.31. The standard InChI is InChI=1S/C29H34O5S/c1-20-14-24(10-12-26(20)33-18-23(31)17-30)35-25-11-13-27(21(2)15-25)34-19-28(32)29(3,4)16-22-8-6-5-7-9-22/h5-15,23,30-31H,16-19H2,1-4H3. The Morgan fingerprint density at radius 1 is 0.914 bits per heavy atom. The first-order valence-electron chi connectivity index (χ1n) is 11.7. The molecule has 0 amide bonds. The second-order valence-corrected chi connectivity index (χ2v) is 10.5. The number of rotatable bonds is 12. The Morgan fingerprint density at radius 3 is 2.03 bits per heavy atom. The number of aliphatic hydroxyl groups excluding tert-OH is 2. The molecule has 0 saturated heterocycles. The summed E-state index contributed by atoms with van der Waals surface area (Å²) in [5.74, 6) is 1.46. The number of carbonyl (C=O) groups is 1. The lowest BCUT2D eigenvalue weighted by atomic mass is 9.82. The molecule has 186 valence electrons. The second-order valence-electron chi connectivity index (χ2n) is 9.36. The fraction of sp³-hybridized carbons (Fsp3) is 0.345. The van der Waals surface area contributed by atoms with Crippen molar-refractivity contribution < 1.29 is 24.5 Å². The lowest BCUT2D eigenvalue weighted by Gasteiger charge is -2.23. The van der Waals surface area contributed by atoms with Crippen LogP contribution in [0.3, 0.4) is 0 Å². The van der Waals surface area contributed by atoms with Crippen molar-refractivity contribution in [2.75, 3.05) is 19.8 Å². The Hall–Kier alpha value is -2.80. The molecule has 0 bridgehead atoms. The third kappa shape index (κ3) is 7.85. The number of hydrogen-bond acceptors (Lipinski definition) is 6. The Labute approximate surface area is 212 Å². The maximum absolute atomic E-state index is 12.9. The van der Waals surface area contributed by atoms with Gasteiger partial charge in [-0.1, -0.05) is 55.9 Å². The van der Waals surface area contributed by atoms with E-state index in [4.69, 9.17) is 14.6 Å². The molecule has 0 radical (unpaired) electrons. The van der Waals surface area contributed by atoms with Crippen molar-refractivity contribution in [1.82, 2.24) is 0 Å². The molecule has 3 aromatic carbocycles. The van der Waals surface area contributed by atoms with Gasteiger partial charge in [0.05, 0.1) is 6.61 Å². The van der Waals surface area contributed by atoms with E-state index in [-0.39, 0.29) is 25.6 Å². The first-order valence-corrected chi connectivity index (χ1v) is 12.5. The highest BCUT2D eigenvalue weighted by atomic mass is 32.2. The fourth-order valence-corrected chi connectivity index (χ4v) is 4.63. The molecule has 3 aromatic rings. The van der Waals surface area contributed by atoms with Gasteiger partial charge in [0.1, 0.15) is 30.8 Å². The molecule has 0 aliphatic carbocycles. The molecule has 0 fully saturated rings. The molecule has 0 saturated carbocycles. The first-order chi connectivity index (χ1) is 16.7. The zero-order valence-electron chi connectivity index (χ0n) is 20.8. The van der Waals surface area contributed by atoms with Crippen molar-refractivity contribution in [2.45, 2.75) is 50.0 Å². The molecule has 0 heterocycles. The average molecular weight is 495 g/mol. The summed E-state index contributed by atoms with van der Waals surface area (Å²) in [7, 11) is 0. The fourth-order valence-electron chi connectivity index (χ4n) is 3.61. The predicted molar refractivity (Wildman–Crippen MR) is 139 cm³/mol. The summed E-state index contributed by atoms with van der Waals surface area (Å²) >= 11 is 1.62. The molecule has 0 spiro atoms. The maximum Gasteiger partial charge on any atom is 0.176 e. The molecular formula is C29H34O5S. The highest BCUT2D eigenvalue weighted by molar-refractivity contribution is 7.99. The monoisotopic (exact) mass is 494 g/mol. The van der Waals surface area contributed by atoms with Gasteiger partial charge in [-0.2, -0.15) is 0 Å². The molecule has 1 unspecified atom stereocenters. The quantitative estimate of drug-likeness (QED) is 0.351. The van der Waals surface area contributed by atoms with Gasteiger partial charge < -0.3 is 19.7 Å². The molecule has 0 aliphatic rings. The highest BCUT2D eigenvalue weighted by Crippen LogP contribution is 2.34. The van der Waals surface area contributed by atoms with Gasteiger partial charge in [-0.25, -0.2) is 0 Å². The number of hydrogen-bond donors (Lipinski definition) is 2. The van der Waals surface area contributed by atoms with Crippen LogP contribution in [-0.2, 0) is 11.2 Å². The summed E-state index contributed by atoms with van der Waals surface area (Å²) in [5, 5.41) is 18.4. The summed E-state index contributed by atoms with van der Waals surface area (Å²) < 4.78 is 11.5. The molecule has 1 atom stereocenters. The number of ether oxygens (including phenoxy) is 2. The molecule has 35 heavy (non-hydrogen) atoms. The molecule has 0 aromatic heterocycles. The van der Waals surface area contributed by atoms with Crippen LogP contribution in [-0.4, -0.2) is 41.9 Å². The summed E-state index contributed by atoms with van der Waals surface area (Å²) in [5.41, 5.74) is 2.56. The molecule has 3 rings (SSSR count). The first kappa shape index (κ1) is 26.8. The van der Waals surface area contributed by atoms with Crippen LogP contribution in [0.5, 0.6) is 11.5 Å². The Bertz CT molecular complexity index is 1130. The van der Waals surface area contributed by atoms with E-state index in [9.17, 15) is 9.90 Å². The number of ketones is 1. The van der Waals surface area contributed by atoms with E-state index in [1.54, 1.807) is 11.8 Å². The van der Waals surface area contributed by atoms with Crippen LogP contribution >= 0.6 is 11.8 Å². The Kier molecular flexibility index (Phi) is 9.38. The number of aryl methyl sites for hydroxylation is 2. The van der Waals surface area contributed by atoms with Crippen molar-refractivity contribution in [1.29, 1.82) is 0 Å². The maximum atomic E-state index is 12.9. The number of benzene rings is 3. The largest absolute Gasteiger partial charge is 0.491 e. The zero-order chi connectivity index (χ0) is 25.4. The van der Waals surface area contributed by atoms with E-state index < -0.39 is 11.5 Å². The molecular weight excluding hydrogens is 460 g/mol. The van der Waals surface area contributed by atoms with E-state index in [0.29, 0.717) is 17.9 Å². The van der Waals surface area contributed by atoms with Crippen LogP contribution in [0.25, 0.3) is 0 Å². The van der Waals surface area contributed by atoms with Crippen LogP contribution in [0.2, 0.25) is 0 Å². The molecule has 6 heteroatoms. The van der Waals surface area contributed by atoms with Crippen LogP contribution in [0.1, 0.15) is 30.5 Å². The lowest BCUT2D eigenvalue weighted by molar-refractivity contribution is -0.129. The van der Waals surface area contributed by atoms with Gasteiger partial charge in [0.25, 0.3) is 0 Å². The summed E-state index contributed by atoms with van der Waals surface area (Å²) in [4.78, 5) is 15.0. The van der Waals surface area contributed by atoms with Crippen LogP contribution < -0.4 is 9.47 Å². The third-order valence-electron chi connectivity index (χ3n) is 5.77. The van der Waals surface area contributed by atoms with E-state index in [2.05, 4.69) is 6.07 Å². The van der Waals surface area contributed by atoms with Gasteiger partial charge in [-0.15, -0.1) is 0 Å². The number of aliphatic hydroxyl groups is 2. The van der Waals surface area contributed by atoms with Crippen LogP contribution in [0.4, 0.5) is 0 Å². The number of Topliss-reactive ketones (excluding diaryl/α,β-unsaturated/α-hetero) is 1.